The van der Waals surface area contributed by atoms with Crippen LogP contribution < -0.4 is 5.32 Å². The third-order valence-electron chi connectivity index (χ3n) is 2.79. The smallest absolute Gasteiger partial charge is 0.327 e. The van der Waals surface area contributed by atoms with Gasteiger partial charge in [0.1, 0.15) is 6.04 Å². The van der Waals surface area contributed by atoms with Crippen molar-refractivity contribution in [2.24, 2.45) is 0 Å². The minimum absolute atomic E-state index is 0.212. The molecule has 7 nitrogen and oxygen atoms in total. The normalized spacial score (nSPS) is 20.7. The Morgan fingerprint density at radius 1 is 1.72 bits per heavy atom. The summed E-state index contributed by atoms with van der Waals surface area (Å²) < 4.78 is 0. The van der Waals surface area contributed by atoms with E-state index in [9.17, 15) is 9.59 Å². The molecule has 1 fully saturated rings. The van der Waals surface area contributed by atoms with E-state index in [1.54, 1.807) is 12.4 Å². The summed E-state index contributed by atoms with van der Waals surface area (Å²) in [5, 5.41) is 18.2. The highest BCUT2D eigenvalue weighted by Crippen LogP contribution is 2.21. The third-order valence-corrected chi connectivity index (χ3v) is 3.80. The molecule has 0 bridgehead atoms. The lowest BCUT2D eigenvalue weighted by atomic mass is 10.2. The number of carbonyl (C=O) groups is 2. The lowest BCUT2D eigenvalue weighted by Crippen LogP contribution is -2.47. The van der Waals surface area contributed by atoms with Crippen LogP contribution in [0.5, 0.6) is 0 Å². The Hall–Kier alpha value is -1.70. The van der Waals surface area contributed by atoms with Crippen molar-refractivity contribution in [2.45, 2.75) is 19.0 Å². The zero-order chi connectivity index (χ0) is 13.1. The van der Waals surface area contributed by atoms with Crippen molar-refractivity contribution < 1.29 is 14.7 Å². The molecule has 2 amide bonds. The molecule has 0 spiro atoms. The van der Waals surface area contributed by atoms with E-state index in [1.165, 1.54) is 16.7 Å². The molecule has 2 unspecified atom stereocenters. The van der Waals surface area contributed by atoms with Crippen molar-refractivity contribution >= 4 is 23.8 Å². The van der Waals surface area contributed by atoms with E-state index in [4.69, 9.17) is 5.11 Å². The van der Waals surface area contributed by atoms with Gasteiger partial charge in [-0.3, -0.25) is 5.10 Å². The van der Waals surface area contributed by atoms with E-state index in [2.05, 4.69) is 15.5 Å². The number of carboxylic acids is 1. The first kappa shape index (κ1) is 12.7. The van der Waals surface area contributed by atoms with Gasteiger partial charge in [0.2, 0.25) is 0 Å². The monoisotopic (exact) mass is 270 g/mol. The van der Waals surface area contributed by atoms with Crippen LogP contribution in [0.4, 0.5) is 4.79 Å². The van der Waals surface area contributed by atoms with Gasteiger partial charge >= 0.3 is 12.0 Å². The maximum atomic E-state index is 12.0. The first-order chi connectivity index (χ1) is 8.59. The molecule has 0 aromatic carbocycles. The summed E-state index contributed by atoms with van der Waals surface area (Å²) in [6, 6.07) is -1.32. The fraction of sp³-hybridized carbons (Fsp3) is 0.500. The summed E-state index contributed by atoms with van der Waals surface area (Å²) in [7, 11) is 0. The summed E-state index contributed by atoms with van der Waals surface area (Å²) in [6.45, 7) is 1.82. The van der Waals surface area contributed by atoms with Gasteiger partial charge in [-0.25, -0.2) is 9.59 Å². The van der Waals surface area contributed by atoms with Crippen LogP contribution in [-0.4, -0.2) is 49.9 Å². The molecule has 8 heteroatoms. The summed E-state index contributed by atoms with van der Waals surface area (Å²) in [6.07, 6.45) is 3.32. The minimum atomic E-state index is -0.967. The first-order valence-electron chi connectivity index (χ1n) is 5.46. The van der Waals surface area contributed by atoms with Gasteiger partial charge in [0.05, 0.1) is 18.1 Å². The van der Waals surface area contributed by atoms with Crippen molar-refractivity contribution in [2.75, 3.05) is 11.6 Å². The number of hydrogen-bond donors (Lipinski definition) is 3. The molecule has 2 atom stereocenters. The van der Waals surface area contributed by atoms with Gasteiger partial charge in [0.15, 0.2) is 0 Å². The summed E-state index contributed by atoms with van der Waals surface area (Å²) in [5.74, 6) is -0.130. The van der Waals surface area contributed by atoms with Crippen molar-refractivity contribution in [1.29, 1.82) is 0 Å². The maximum Gasteiger partial charge on any atom is 0.327 e. The average Bonchev–Trinajstić information content (AvgIpc) is 3.00. The fourth-order valence-corrected chi connectivity index (χ4v) is 2.84. The van der Waals surface area contributed by atoms with Gasteiger partial charge in [-0.2, -0.15) is 5.10 Å². The van der Waals surface area contributed by atoms with Crippen LogP contribution in [-0.2, 0) is 4.79 Å². The number of amides is 2. The maximum absolute atomic E-state index is 12.0. The molecule has 1 saturated heterocycles. The minimum Gasteiger partial charge on any atom is -0.480 e. The molecule has 0 saturated carbocycles. The van der Waals surface area contributed by atoms with E-state index in [0.29, 0.717) is 11.6 Å². The van der Waals surface area contributed by atoms with E-state index < -0.39 is 12.0 Å². The molecular formula is C10H14N4O3S. The topological polar surface area (TPSA) is 98.3 Å². The number of rotatable bonds is 3. The van der Waals surface area contributed by atoms with Gasteiger partial charge in [0, 0.05) is 17.5 Å². The Balaban J connectivity index is 1.97. The van der Waals surface area contributed by atoms with Crippen LogP contribution in [0.1, 0.15) is 18.5 Å². The first-order valence-corrected chi connectivity index (χ1v) is 6.61. The van der Waals surface area contributed by atoms with E-state index in [1.807, 2.05) is 6.92 Å². The number of nitrogens with one attached hydrogen (secondary N) is 2. The molecule has 1 aromatic heterocycles. The Morgan fingerprint density at radius 2 is 2.50 bits per heavy atom. The van der Waals surface area contributed by atoms with Gasteiger partial charge in [-0.1, -0.05) is 0 Å². The Bertz CT molecular complexity index is 436. The zero-order valence-corrected chi connectivity index (χ0v) is 10.6. The standard InChI is InChI=1S/C10H14N4O3S/c1-6(7-2-11-12-3-7)13-10(17)14-5-18-4-8(14)9(15)16/h2-3,6,8H,4-5H2,1H3,(H,11,12)(H,13,17)(H,15,16). The van der Waals surface area contributed by atoms with Crippen LogP contribution in [0.3, 0.4) is 0 Å². The highest BCUT2D eigenvalue weighted by atomic mass is 32.2. The van der Waals surface area contributed by atoms with Crippen LogP contribution in [0.15, 0.2) is 12.4 Å². The number of aliphatic carboxylic acids is 1. The molecule has 1 aromatic rings. The van der Waals surface area contributed by atoms with Gasteiger partial charge in [-0.15, -0.1) is 11.8 Å². The number of H-pyrrole nitrogens is 1. The quantitative estimate of drug-likeness (QED) is 0.748. The molecule has 2 rings (SSSR count). The Morgan fingerprint density at radius 3 is 3.11 bits per heavy atom. The SMILES string of the molecule is CC(NC(=O)N1CSCC1C(=O)O)c1cn[nH]c1. The van der Waals surface area contributed by atoms with Crippen LogP contribution in [0.25, 0.3) is 0 Å². The lowest BCUT2D eigenvalue weighted by molar-refractivity contribution is -0.140. The Labute approximate surface area is 108 Å². The van der Waals surface area contributed by atoms with Crippen LogP contribution >= 0.6 is 11.8 Å². The second-order valence-corrected chi connectivity index (χ2v) is 5.03. The molecule has 2 heterocycles. The van der Waals surface area contributed by atoms with Crippen molar-refractivity contribution in [1.82, 2.24) is 20.4 Å². The van der Waals surface area contributed by atoms with E-state index in [0.717, 1.165) is 5.56 Å². The molecule has 0 aliphatic carbocycles. The number of aromatic amines is 1. The number of carbonyl (C=O) groups excluding carboxylic acids is 1. The number of carboxylic acid groups (broad SMARTS) is 1. The predicted molar refractivity (Wildman–Crippen MR) is 66.1 cm³/mol. The molecule has 1 aliphatic heterocycles. The van der Waals surface area contributed by atoms with Crippen LogP contribution in [0.2, 0.25) is 0 Å². The van der Waals surface area contributed by atoms with Gasteiger partial charge < -0.3 is 15.3 Å². The second-order valence-electron chi connectivity index (χ2n) is 4.03. The number of thioether (sulfide) groups is 1. The number of urea groups is 1. The molecule has 3 N–H and O–H groups in total. The molecular weight excluding hydrogens is 256 g/mol. The second kappa shape index (κ2) is 5.30. The van der Waals surface area contributed by atoms with Gasteiger partial charge in [-0.05, 0) is 6.92 Å². The molecule has 18 heavy (non-hydrogen) atoms. The van der Waals surface area contributed by atoms with Crippen LogP contribution in [0, 0.1) is 0 Å². The predicted octanol–water partition coefficient (Wildman–Crippen LogP) is 0.640. The van der Waals surface area contributed by atoms with Crippen molar-refractivity contribution in [3.63, 3.8) is 0 Å². The summed E-state index contributed by atoms with van der Waals surface area (Å²) >= 11 is 1.44. The largest absolute Gasteiger partial charge is 0.480 e. The summed E-state index contributed by atoms with van der Waals surface area (Å²) in [4.78, 5) is 24.3. The van der Waals surface area contributed by atoms with Gasteiger partial charge in [0.25, 0.3) is 0 Å². The number of hydrogen-bond acceptors (Lipinski definition) is 4. The van der Waals surface area contributed by atoms with Crippen molar-refractivity contribution in [3.8, 4) is 0 Å². The Kier molecular flexibility index (Phi) is 3.75. The average molecular weight is 270 g/mol. The van der Waals surface area contributed by atoms with E-state index in [-0.39, 0.29) is 12.1 Å². The molecule has 0 radical (unpaired) electrons. The molecule has 98 valence electrons. The number of nitrogens with zero attached hydrogens (tertiary/aromatic N) is 2. The number of aromatic nitrogens is 2. The fourth-order valence-electron chi connectivity index (χ4n) is 1.70. The highest BCUT2D eigenvalue weighted by molar-refractivity contribution is 7.99. The highest BCUT2D eigenvalue weighted by Gasteiger charge is 2.35. The third kappa shape index (κ3) is 2.58. The molecule has 1 aliphatic rings. The van der Waals surface area contributed by atoms with E-state index >= 15 is 0 Å². The van der Waals surface area contributed by atoms with Crippen molar-refractivity contribution in [3.05, 3.63) is 18.0 Å². The zero-order valence-electron chi connectivity index (χ0n) is 9.79. The lowest BCUT2D eigenvalue weighted by Gasteiger charge is -2.23. The summed E-state index contributed by atoms with van der Waals surface area (Å²) in [5.41, 5.74) is 0.849.